The Morgan fingerprint density at radius 3 is 2.94 bits per heavy atom. The summed E-state index contributed by atoms with van der Waals surface area (Å²) in [6.07, 6.45) is 3.28. The van der Waals surface area contributed by atoms with Crippen LogP contribution < -0.4 is 11.1 Å². The molecule has 0 unspecified atom stereocenters. The molecule has 0 aliphatic heterocycles. The molecule has 1 fully saturated rings. The van der Waals surface area contributed by atoms with Gasteiger partial charge in [0.1, 0.15) is 0 Å². The Balaban J connectivity index is 2.03. The number of hydrogen-bond donors (Lipinski definition) is 2. The Morgan fingerprint density at radius 1 is 1.69 bits per heavy atom. The van der Waals surface area contributed by atoms with Gasteiger partial charge in [-0.1, -0.05) is 6.92 Å². The molecular weight excluding hydrogens is 204 g/mol. The van der Waals surface area contributed by atoms with Crippen LogP contribution >= 0.6 is 0 Å². The first-order valence-electron chi connectivity index (χ1n) is 5.45. The van der Waals surface area contributed by atoms with Gasteiger partial charge >= 0.3 is 0 Å². The molecule has 5 heteroatoms. The minimum absolute atomic E-state index is 0.0337. The maximum atomic E-state index is 12.0. The number of aromatic nitrogens is 2. The largest absolute Gasteiger partial charge is 0.329 e. The molecule has 0 radical (unpaired) electrons. The molecule has 1 aromatic heterocycles. The average Bonchev–Trinajstić information content (AvgIpc) is 2.25. The highest BCUT2D eigenvalue weighted by molar-refractivity contribution is 5.95. The van der Waals surface area contributed by atoms with Crippen molar-refractivity contribution in [2.75, 3.05) is 11.9 Å². The van der Waals surface area contributed by atoms with Crippen molar-refractivity contribution in [3.05, 3.63) is 18.3 Å². The normalized spacial score (nSPS) is 28.2. The lowest BCUT2D eigenvalue weighted by Crippen LogP contribution is -2.51. The van der Waals surface area contributed by atoms with E-state index >= 15 is 0 Å². The second-order valence-electron chi connectivity index (χ2n) is 4.56. The van der Waals surface area contributed by atoms with Crippen LogP contribution in [0.4, 0.5) is 5.82 Å². The fourth-order valence-electron chi connectivity index (χ4n) is 2.34. The van der Waals surface area contributed by atoms with Gasteiger partial charge in [0.2, 0.25) is 5.91 Å². The molecule has 5 nitrogen and oxygen atoms in total. The van der Waals surface area contributed by atoms with Crippen molar-refractivity contribution in [1.82, 2.24) is 10.2 Å². The Morgan fingerprint density at radius 2 is 2.44 bits per heavy atom. The summed E-state index contributed by atoms with van der Waals surface area (Å²) < 4.78 is 0. The molecule has 1 aliphatic rings. The number of nitrogens with two attached hydrogens (primary N) is 1. The van der Waals surface area contributed by atoms with Crippen LogP contribution in [-0.2, 0) is 4.79 Å². The van der Waals surface area contributed by atoms with Crippen LogP contribution in [0.2, 0.25) is 0 Å². The number of hydrogen-bond acceptors (Lipinski definition) is 4. The molecule has 1 saturated carbocycles. The highest BCUT2D eigenvalue weighted by atomic mass is 16.2. The van der Waals surface area contributed by atoms with Gasteiger partial charge < -0.3 is 11.1 Å². The van der Waals surface area contributed by atoms with Gasteiger partial charge in [0.05, 0.1) is 5.41 Å². The van der Waals surface area contributed by atoms with Crippen LogP contribution in [0.1, 0.15) is 19.8 Å². The van der Waals surface area contributed by atoms with Gasteiger partial charge in [-0.15, -0.1) is 5.10 Å². The fraction of sp³-hybridized carbons (Fsp3) is 0.545. The third-order valence-corrected chi connectivity index (χ3v) is 3.16. The third-order valence-electron chi connectivity index (χ3n) is 3.16. The van der Waals surface area contributed by atoms with Gasteiger partial charge in [-0.25, -0.2) is 0 Å². The lowest BCUT2D eigenvalue weighted by molar-refractivity contribution is -0.132. The summed E-state index contributed by atoms with van der Waals surface area (Å²) in [5.41, 5.74) is 5.30. The number of nitrogens with one attached hydrogen (secondary N) is 1. The summed E-state index contributed by atoms with van der Waals surface area (Å²) >= 11 is 0. The Bertz CT molecular complexity index is 373. The van der Waals surface area contributed by atoms with E-state index in [0.717, 1.165) is 12.8 Å². The van der Waals surface area contributed by atoms with Crippen LogP contribution in [-0.4, -0.2) is 22.6 Å². The van der Waals surface area contributed by atoms with Gasteiger partial charge in [-0.3, -0.25) is 4.79 Å². The molecule has 0 saturated heterocycles. The molecule has 1 heterocycles. The van der Waals surface area contributed by atoms with Crippen molar-refractivity contribution < 1.29 is 4.79 Å². The SMILES string of the molecule is CC1CC(CN)(C(=O)Nc2cccnn2)C1. The van der Waals surface area contributed by atoms with E-state index in [2.05, 4.69) is 22.4 Å². The second kappa shape index (κ2) is 4.17. The molecular formula is C11H16N4O. The lowest BCUT2D eigenvalue weighted by Gasteiger charge is -2.44. The molecule has 16 heavy (non-hydrogen) atoms. The van der Waals surface area contributed by atoms with Gasteiger partial charge in [0.25, 0.3) is 0 Å². The van der Waals surface area contributed by atoms with Crippen LogP contribution in [0.5, 0.6) is 0 Å². The van der Waals surface area contributed by atoms with E-state index in [1.54, 1.807) is 18.3 Å². The van der Waals surface area contributed by atoms with Crippen LogP contribution in [0.25, 0.3) is 0 Å². The molecule has 86 valence electrons. The van der Waals surface area contributed by atoms with Crippen molar-refractivity contribution in [2.24, 2.45) is 17.1 Å². The standard InChI is InChI=1S/C11H16N4O/c1-8-5-11(6-8,7-12)10(16)14-9-3-2-4-13-15-9/h2-4,8H,5-7,12H2,1H3,(H,14,15,16). The third kappa shape index (κ3) is 1.90. The molecule has 1 aromatic rings. The summed E-state index contributed by atoms with van der Waals surface area (Å²) in [5.74, 6) is 1.03. The molecule has 0 aromatic carbocycles. The predicted molar refractivity (Wildman–Crippen MR) is 60.5 cm³/mol. The monoisotopic (exact) mass is 220 g/mol. The minimum Gasteiger partial charge on any atom is -0.329 e. The topological polar surface area (TPSA) is 80.9 Å². The zero-order valence-corrected chi connectivity index (χ0v) is 9.31. The van der Waals surface area contributed by atoms with Crippen LogP contribution in [0.15, 0.2) is 18.3 Å². The summed E-state index contributed by atoms with van der Waals surface area (Å²) in [4.78, 5) is 12.0. The molecule has 1 aliphatic carbocycles. The molecule has 3 N–H and O–H groups in total. The zero-order chi connectivity index (χ0) is 11.6. The van der Waals surface area contributed by atoms with E-state index in [4.69, 9.17) is 5.73 Å². The van der Waals surface area contributed by atoms with Crippen molar-refractivity contribution in [2.45, 2.75) is 19.8 Å². The number of carbonyl (C=O) groups is 1. The van der Waals surface area contributed by atoms with Gasteiger partial charge in [0.15, 0.2) is 5.82 Å². The van der Waals surface area contributed by atoms with E-state index in [1.807, 2.05) is 0 Å². The number of nitrogens with zero attached hydrogens (tertiary/aromatic N) is 2. The molecule has 0 bridgehead atoms. The van der Waals surface area contributed by atoms with E-state index in [-0.39, 0.29) is 5.91 Å². The Labute approximate surface area is 94.4 Å². The number of amides is 1. The lowest BCUT2D eigenvalue weighted by atomic mass is 9.62. The highest BCUT2D eigenvalue weighted by Crippen LogP contribution is 2.45. The van der Waals surface area contributed by atoms with E-state index in [0.29, 0.717) is 18.3 Å². The van der Waals surface area contributed by atoms with Crippen molar-refractivity contribution in [3.8, 4) is 0 Å². The van der Waals surface area contributed by atoms with E-state index in [9.17, 15) is 4.79 Å². The smallest absolute Gasteiger partial charge is 0.233 e. The van der Waals surface area contributed by atoms with Crippen molar-refractivity contribution in [1.29, 1.82) is 0 Å². The Kier molecular flexibility index (Phi) is 2.87. The molecule has 2 rings (SSSR count). The first kappa shape index (κ1) is 11.0. The number of anilines is 1. The van der Waals surface area contributed by atoms with E-state index < -0.39 is 5.41 Å². The van der Waals surface area contributed by atoms with Gasteiger partial charge in [-0.2, -0.15) is 5.10 Å². The molecule has 1 amide bonds. The first-order valence-corrected chi connectivity index (χ1v) is 5.45. The quantitative estimate of drug-likeness (QED) is 0.789. The Hall–Kier alpha value is -1.49. The highest BCUT2D eigenvalue weighted by Gasteiger charge is 2.47. The summed E-state index contributed by atoms with van der Waals surface area (Å²) in [6.45, 7) is 2.52. The predicted octanol–water partition coefficient (Wildman–Crippen LogP) is 0.790. The average molecular weight is 220 g/mol. The molecule has 0 atom stereocenters. The maximum Gasteiger partial charge on any atom is 0.233 e. The summed E-state index contributed by atoms with van der Waals surface area (Å²) in [5, 5.41) is 10.3. The van der Waals surface area contributed by atoms with Crippen molar-refractivity contribution >= 4 is 11.7 Å². The molecule has 0 spiro atoms. The second-order valence-corrected chi connectivity index (χ2v) is 4.56. The number of carbonyl (C=O) groups excluding carboxylic acids is 1. The zero-order valence-electron chi connectivity index (χ0n) is 9.31. The summed E-state index contributed by atoms with van der Waals surface area (Å²) in [7, 11) is 0. The van der Waals surface area contributed by atoms with Crippen molar-refractivity contribution in [3.63, 3.8) is 0 Å². The van der Waals surface area contributed by atoms with Crippen LogP contribution in [0.3, 0.4) is 0 Å². The van der Waals surface area contributed by atoms with Gasteiger partial charge in [0, 0.05) is 12.7 Å². The maximum absolute atomic E-state index is 12.0. The van der Waals surface area contributed by atoms with E-state index in [1.165, 1.54) is 0 Å². The number of rotatable bonds is 3. The first-order chi connectivity index (χ1) is 7.66. The summed E-state index contributed by atoms with van der Waals surface area (Å²) in [6, 6.07) is 3.46. The van der Waals surface area contributed by atoms with Crippen LogP contribution in [0, 0.1) is 11.3 Å². The minimum atomic E-state index is -0.392. The fourth-order valence-corrected chi connectivity index (χ4v) is 2.34. The van der Waals surface area contributed by atoms with Gasteiger partial charge in [-0.05, 0) is 30.9 Å².